The van der Waals surface area contributed by atoms with Gasteiger partial charge < -0.3 is 20.3 Å². The molecule has 0 saturated heterocycles. The topological polar surface area (TPSA) is 95.9 Å². The Balaban J connectivity index is 3.46. The molecule has 0 heterocycles. The second-order valence-corrected chi connectivity index (χ2v) is 24.2. The van der Waals surface area contributed by atoms with Crippen molar-refractivity contribution in [2.24, 2.45) is 0 Å². The number of ether oxygens (including phenoxy) is 1. The molecule has 0 radical (unpaired) electrons. The van der Waals surface area contributed by atoms with Crippen molar-refractivity contribution < 1.29 is 24.5 Å². The third-order valence-electron chi connectivity index (χ3n) is 16.2. The minimum Gasteiger partial charge on any atom is -0.466 e. The van der Waals surface area contributed by atoms with Gasteiger partial charge in [0.2, 0.25) is 5.91 Å². The SMILES string of the molecule is CCC/C=C\C/C=C\CCCCCCCC(=O)OCCCCCCCCCCC/C=C\C/C=C\CCCCCCCCCCCCCC(=O)NC(CO)C(O)/C=C/CCCCCCCCCCCCCCCCCCCCCCC. The second-order valence-electron chi connectivity index (χ2n) is 24.2. The summed E-state index contributed by atoms with van der Waals surface area (Å²) in [5.74, 6) is -0.0735. The summed E-state index contributed by atoms with van der Waals surface area (Å²) in [5, 5.41) is 23.3. The fraction of sp³-hybridized carbons (Fsp3) is 0.838. The second kappa shape index (κ2) is 69.1. The highest BCUT2D eigenvalue weighted by Crippen LogP contribution is 2.18. The predicted molar refractivity (Wildman–Crippen MR) is 352 cm³/mol. The van der Waals surface area contributed by atoms with Gasteiger partial charge in [-0.2, -0.15) is 0 Å². The Hall–Kier alpha value is -2.44. The lowest BCUT2D eigenvalue weighted by Gasteiger charge is -2.20. The summed E-state index contributed by atoms with van der Waals surface area (Å²) in [4.78, 5) is 24.6. The van der Waals surface area contributed by atoms with Gasteiger partial charge >= 0.3 is 5.97 Å². The monoisotopic (exact) mass is 1120 g/mol. The van der Waals surface area contributed by atoms with E-state index in [0.717, 1.165) is 57.8 Å². The minimum absolute atomic E-state index is 0.00528. The first-order chi connectivity index (χ1) is 39.5. The van der Waals surface area contributed by atoms with Crippen LogP contribution in [-0.2, 0) is 14.3 Å². The zero-order valence-corrected chi connectivity index (χ0v) is 53.6. The smallest absolute Gasteiger partial charge is 0.305 e. The van der Waals surface area contributed by atoms with Crippen LogP contribution in [0.1, 0.15) is 373 Å². The Morgan fingerprint density at radius 1 is 0.350 bits per heavy atom. The van der Waals surface area contributed by atoms with Crippen molar-refractivity contribution in [1.29, 1.82) is 0 Å². The van der Waals surface area contributed by atoms with Crippen LogP contribution < -0.4 is 5.32 Å². The summed E-state index contributed by atoms with van der Waals surface area (Å²) in [6.07, 6.45) is 91.6. The maximum Gasteiger partial charge on any atom is 0.305 e. The third kappa shape index (κ3) is 64.7. The van der Waals surface area contributed by atoms with E-state index in [1.165, 1.54) is 289 Å². The summed E-state index contributed by atoms with van der Waals surface area (Å²) in [5.41, 5.74) is 0. The van der Waals surface area contributed by atoms with Gasteiger partial charge in [-0.25, -0.2) is 0 Å². The van der Waals surface area contributed by atoms with E-state index in [1.54, 1.807) is 6.08 Å². The first-order valence-corrected chi connectivity index (χ1v) is 35.6. The first-order valence-electron chi connectivity index (χ1n) is 35.6. The van der Waals surface area contributed by atoms with Crippen LogP contribution in [0.5, 0.6) is 0 Å². The van der Waals surface area contributed by atoms with Gasteiger partial charge in [0.25, 0.3) is 0 Å². The molecular weight excluding hydrogens is 983 g/mol. The summed E-state index contributed by atoms with van der Waals surface area (Å²) in [7, 11) is 0. The van der Waals surface area contributed by atoms with Gasteiger partial charge in [-0.15, -0.1) is 0 Å². The molecule has 0 fully saturated rings. The van der Waals surface area contributed by atoms with E-state index in [2.05, 4.69) is 67.8 Å². The summed E-state index contributed by atoms with van der Waals surface area (Å²) in [6, 6.07) is -0.633. The van der Waals surface area contributed by atoms with Gasteiger partial charge in [-0.1, -0.05) is 331 Å². The largest absolute Gasteiger partial charge is 0.466 e. The van der Waals surface area contributed by atoms with Crippen LogP contribution in [-0.4, -0.2) is 47.4 Å². The predicted octanol–water partition coefficient (Wildman–Crippen LogP) is 23.0. The zero-order chi connectivity index (χ0) is 57.8. The molecule has 0 aromatic carbocycles. The molecular formula is C74H137NO5. The Labute approximate surface area is 499 Å². The number of aliphatic hydroxyl groups excluding tert-OH is 2. The van der Waals surface area contributed by atoms with Crippen molar-refractivity contribution in [3.05, 3.63) is 60.8 Å². The number of carbonyl (C=O) groups excluding carboxylic acids is 2. The van der Waals surface area contributed by atoms with E-state index in [1.807, 2.05) is 6.08 Å². The summed E-state index contributed by atoms with van der Waals surface area (Å²) < 4.78 is 5.47. The van der Waals surface area contributed by atoms with Crippen molar-refractivity contribution >= 4 is 11.9 Å². The van der Waals surface area contributed by atoms with Gasteiger partial charge in [0.15, 0.2) is 0 Å². The van der Waals surface area contributed by atoms with Gasteiger partial charge in [0.05, 0.1) is 25.4 Å². The van der Waals surface area contributed by atoms with E-state index in [4.69, 9.17) is 4.74 Å². The molecule has 6 nitrogen and oxygen atoms in total. The number of hydrogen-bond acceptors (Lipinski definition) is 5. The minimum atomic E-state index is -0.849. The van der Waals surface area contributed by atoms with Crippen LogP contribution in [0.3, 0.4) is 0 Å². The average molecular weight is 1120 g/mol. The Morgan fingerprint density at radius 2 is 0.650 bits per heavy atom. The summed E-state index contributed by atoms with van der Waals surface area (Å²) in [6.45, 7) is 4.85. The first kappa shape index (κ1) is 77.6. The fourth-order valence-electron chi connectivity index (χ4n) is 10.8. The van der Waals surface area contributed by atoms with Crippen molar-refractivity contribution in [2.45, 2.75) is 386 Å². The molecule has 1 amide bonds. The van der Waals surface area contributed by atoms with Crippen molar-refractivity contribution in [1.82, 2.24) is 5.32 Å². The number of allylic oxidation sites excluding steroid dienone is 9. The highest BCUT2D eigenvalue weighted by molar-refractivity contribution is 5.76. The lowest BCUT2D eigenvalue weighted by molar-refractivity contribution is -0.143. The number of aliphatic hydroxyl groups is 2. The quantitative estimate of drug-likeness (QED) is 0.0320. The molecule has 0 spiro atoms. The highest BCUT2D eigenvalue weighted by atomic mass is 16.5. The molecule has 468 valence electrons. The molecule has 0 aromatic heterocycles. The lowest BCUT2D eigenvalue weighted by Crippen LogP contribution is -2.45. The third-order valence-corrected chi connectivity index (χ3v) is 16.2. The maximum atomic E-state index is 12.5. The molecule has 0 saturated carbocycles. The van der Waals surface area contributed by atoms with Crippen LogP contribution in [0.15, 0.2) is 60.8 Å². The van der Waals surface area contributed by atoms with Crippen LogP contribution >= 0.6 is 0 Å². The normalized spacial score (nSPS) is 12.9. The lowest BCUT2D eigenvalue weighted by atomic mass is 10.0. The standard InChI is InChI=1S/C74H137NO5/c1-3-5-7-9-11-13-15-17-18-19-20-21-27-30-33-36-39-43-46-50-54-58-62-66-72(77)71(70-76)75-73(78)67-63-59-55-51-47-44-40-37-34-31-28-25-23-22-24-26-29-32-35-38-41-45-49-53-57-61-65-69-80-74(79)68-64-60-56-52-48-42-16-14-12-10-8-6-4-2/h8,10,14,16,22-23,26,29,62,66,71-72,76-77H,3-7,9,11-13,15,17-21,24-25,27-28,30-61,63-65,67-70H2,1-2H3,(H,75,78)/b10-8-,16-14-,23-22-,29-26-,66-62+. The number of nitrogens with one attached hydrogen (secondary N) is 1. The van der Waals surface area contributed by atoms with Crippen molar-refractivity contribution in [3.63, 3.8) is 0 Å². The molecule has 2 unspecified atom stereocenters. The van der Waals surface area contributed by atoms with Gasteiger partial charge in [-0.05, 0) is 89.9 Å². The molecule has 0 bridgehead atoms. The molecule has 6 heteroatoms. The molecule has 0 aliphatic rings. The van der Waals surface area contributed by atoms with E-state index >= 15 is 0 Å². The van der Waals surface area contributed by atoms with E-state index in [9.17, 15) is 19.8 Å². The number of rotatable bonds is 66. The number of esters is 1. The van der Waals surface area contributed by atoms with Gasteiger partial charge in [0, 0.05) is 12.8 Å². The van der Waals surface area contributed by atoms with E-state index in [-0.39, 0.29) is 18.5 Å². The molecule has 3 N–H and O–H groups in total. The van der Waals surface area contributed by atoms with Crippen molar-refractivity contribution in [3.8, 4) is 0 Å². The van der Waals surface area contributed by atoms with Crippen LogP contribution in [0.2, 0.25) is 0 Å². The number of unbranched alkanes of at least 4 members (excludes halogenated alkanes) is 47. The molecule has 0 aliphatic carbocycles. The number of amides is 1. The summed E-state index contributed by atoms with van der Waals surface area (Å²) >= 11 is 0. The Kier molecular flexibility index (Phi) is 66.9. The Bertz CT molecular complexity index is 1380. The fourth-order valence-corrected chi connectivity index (χ4v) is 10.8. The van der Waals surface area contributed by atoms with Gasteiger partial charge in [0.1, 0.15) is 0 Å². The van der Waals surface area contributed by atoms with E-state index < -0.39 is 12.1 Å². The number of hydrogen-bond donors (Lipinski definition) is 3. The zero-order valence-electron chi connectivity index (χ0n) is 53.6. The molecule has 80 heavy (non-hydrogen) atoms. The molecule has 2 atom stereocenters. The van der Waals surface area contributed by atoms with Crippen LogP contribution in [0.4, 0.5) is 0 Å². The molecule has 0 rings (SSSR count). The highest BCUT2D eigenvalue weighted by Gasteiger charge is 2.18. The van der Waals surface area contributed by atoms with Crippen molar-refractivity contribution in [2.75, 3.05) is 13.2 Å². The Morgan fingerprint density at radius 3 is 1.00 bits per heavy atom. The molecule has 0 aliphatic heterocycles. The molecule has 0 aromatic rings. The van der Waals surface area contributed by atoms with E-state index in [0.29, 0.717) is 19.4 Å². The average Bonchev–Trinajstić information content (AvgIpc) is 3.46. The number of carbonyl (C=O) groups is 2. The maximum absolute atomic E-state index is 12.5. The van der Waals surface area contributed by atoms with Gasteiger partial charge in [-0.3, -0.25) is 9.59 Å². The van der Waals surface area contributed by atoms with Crippen LogP contribution in [0.25, 0.3) is 0 Å². The van der Waals surface area contributed by atoms with Crippen LogP contribution in [0, 0.1) is 0 Å².